The first kappa shape index (κ1) is 12.5. The van der Waals surface area contributed by atoms with Crippen LogP contribution >= 0.6 is 23.3 Å². The molecule has 2 rings (SSSR count). The van der Waals surface area contributed by atoms with Gasteiger partial charge in [0.15, 0.2) is 4.34 Å². The molecule has 0 saturated carbocycles. The monoisotopic (exact) mass is 265 g/mol. The van der Waals surface area contributed by atoms with Crippen LogP contribution in [0.3, 0.4) is 0 Å². The van der Waals surface area contributed by atoms with Gasteiger partial charge in [-0.05, 0) is 36.6 Å². The standard InChI is InChI=1S/C12H15N3S2/c1-3-13-9(2)10-6-4-5-7-11(10)16-12-14-8-15-17-12/h4-9,13H,3H2,1-2H3. The van der Waals surface area contributed by atoms with Gasteiger partial charge in [0.25, 0.3) is 0 Å². The summed E-state index contributed by atoms with van der Waals surface area (Å²) in [6.07, 6.45) is 1.60. The van der Waals surface area contributed by atoms with E-state index in [1.807, 2.05) is 0 Å². The minimum atomic E-state index is 0.358. The normalized spacial score (nSPS) is 12.6. The number of hydrogen-bond acceptors (Lipinski definition) is 5. The molecule has 3 nitrogen and oxygen atoms in total. The first-order valence-electron chi connectivity index (χ1n) is 5.58. The summed E-state index contributed by atoms with van der Waals surface area (Å²) in [5.74, 6) is 0. The van der Waals surface area contributed by atoms with Crippen molar-refractivity contribution < 1.29 is 0 Å². The molecule has 90 valence electrons. The van der Waals surface area contributed by atoms with Crippen molar-refractivity contribution in [3.8, 4) is 0 Å². The molecule has 0 bridgehead atoms. The van der Waals surface area contributed by atoms with E-state index in [2.05, 4.69) is 52.8 Å². The summed E-state index contributed by atoms with van der Waals surface area (Å²) in [7, 11) is 0. The van der Waals surface area contributed by atoms with E-state index in [1.54, 1.807) is 18.1 Å². The zero-order valence-electron chi connectivity index (χ0n) is 9.88. The van der Waals surface area contributed by atoms with Crippen molar-refractivity contribution in [3.05, 3.63) is 36.2 Å². The Morgan fingerprint density at radius 3 is 2.94 bits per heavy atom. The predicted octanol–water partition coefficient (Wildman–Crippen LogP) is 3.36. The third-order valence-corrected chi connectivity index (χ3v) is 4.24. The molecule has 1 atom stereocenters. The van der Waals surface area contributed by atoms with Gasteiger partial charge in [-0.1, -0.05) is 36.9 Å². The van der Waals surface area contributed by atoms with Crippen molar-refractivity contribution in [2.24, 2.45) is 0 Å². The summed E-state index contributed by atoms with van der Waals surface area (Å²) in [5, 5.41) is 3.44. The SMILES string of the molecule is CCNC(C)c1ccccc1Sc1ncns1. The highest BCUT2D eigenvalue weighted by Crippen LogP contribution is 2.33. The number of benzene rings is 1. The number of nitrogens with one attached hydrogen (secondary N) is 1. The summed E-state index contributed by atoms with van der Waals surface area (Å²) in [5.41, 5.74) is 1.31. The highest BCUT2D eigenvalue weighted by Gasteiger charge is 2.11. The van der Waals surface area contributed by atoms with Gasteiger partial charge in [-0.25, -0.2) is 4.98 Å². The van der Waals surface area contributed by atoms with Crippen molar-refractivity contribution in [2.45, 2.75) is 29.1 Å². The van der Waals surface area contributed by atoms with Crippen LogP contribution in [0.25, 0.3) is 0 Å². The minimum absolute atomic E-state index is 0.358. The van der Waals surface area contributed by atoms with E-state index in [4.69, 9.17) is 0 Å². The largest absolute Gasteiger partial charge is 0.310 e. The summed E-state index contributed by atoms with van der Waals surface area (Å²) in [6, 6.07) is 8.79. The average Bonchev–Trinajstić information content (AvgIpc) is 2.83. The zero-order valence-corrected chi connectivity index (χ0v) is 11.5. The van der Waals surface area contributed by atoms with Crippen molar-refractivity contribution in [2.75, 3.05) is 6.54 Å². The van der Waals surface area contributed by atoms with Gasteiger partial charge in [0.05, 0.1) is 0 Å². The quantitative estimate of drug-likeness (QED) is 0.899. The molecule has 0 fully saturated rings. The fourth-order valence-electron chi connectivity index (χ4n) is 1.65. The molecule has 0 aliphatic carbocycles. The lowest BCUT2D eigenvalue weighted by Crippen LogP contribution is -2.18. The molecule has 1 aromatic heterocycles. The molecule has 1 aromatic carbocycles. The van der Waals surface area contributed by atoms with Gasteiger partial charge in [0.2, 0.25) is 0 Å². The maximum absolute atomic E-state index is 4.21. The molecule has 1 heterocycles. The van der Waals surface area contributed by atoms with Crippen LogP contribution < -0.4 is 5.32 Å². The lowest BCUT2D eigenvalue weighted by molar-refractivity contribution is 0.590. The van der Waals surface area contributed by atoms with Gasteiger partial charge in [-0.3, -0.25) is 0 Å². The molecule has 1 N–H and O–H groups in total. The van der Waals surface area contributed by atoms with E-state index in [0.29, 0.717) is 6.04 Å². The Bertz CT molecular complexity index is 457. The van der Waals surface area contributed by atoms with Crippen molar-refractivity contribution in [3.63, 3.8) is 0 Å². The summed E-state index contributed by atoms with van der Waals surface area (Å²) < 4.78 is 5.01. The molecule has 0 amide bonds. The lowest BCUT2D eigenvalue weighted by Gasteiger charge is -2.15. The van der Waals surface area contributed by atoms with Crippen LogP contribution in [0.5, 0.6) is 0 Å². The molecular weight excluding hydrogens is 250 g/mol. The van der Waals surface area contributed by atoms with E-state index in [9.17, 15) is 0 Å². The lowest BCUT2D eigenvalue weighted by atomic mass is 10.1. The molecule has 2 aromatic rings. The summed E-state index contributed by atoms with van der Waals surface area (Å²) in [4.78, 5) is 5.46. The minimum Gasteiger partial charge on any atom is -0.310 e. The second-order valence-electron chi connectivity index (χ2n) is 3.63. The van der Waals surface area contributed by atoms with E-state index >= 15 is 0 Å². The van der Waals surface area contributed by atoms with Crippen LogP contribution in [-0.2, 0) is 0 Å². The van der Waals surface area contributed by atoms with Crippen LogP contribution in [0.4, 0.5) is 0 Å². The molecule has 0 spiro atoms. The van der Waals surface area contributed by atoms with Crippen molar-refractivity contribution in [1.29, 1.82) is 0 Å². The van der Waals surface area contributed by atoms with Gasteiger partial charge in [-0.15, -0.1) is 0 Å². The van der Waals surface area contributed by atoms with Crippen LogP contribution in [0.1, 0.15) is 25.5 Å². The predicted molar refractivity (Wildman–Crippen MR) is 72.6 cm³/mol. The van der Waals surface area contributed by atoms with Gasteiger partial charge in [-0.2, -0.15) is 4.37 Å². The maximum atomic E-state index is 4.21. The first-order valence-corrected chi connectivity index (χ1v) is 7.17. The topological polar surface area (TPSA) is 37.8 Å². The van der Waals surface area contributed by atoms with E-state index in [1.165, 1.54) is 22.0 Å². The Morgan fingerprint density at radius 1 is 1.41 bits per heavy atom. The zero-order chi connectivity index (χ0) is 12.1. The number of hydrogen-bond donors (Lipinski definition) is 1. The first-order chi connectivity index (χ1) is 8.31. The second-order valence-corrected chi connectivity index (χ2v) is 5.70. The Kier molecular flexibility index (Phi) is 4.53. The van der Waals surface area contributed by atoms with E-state index in [0.717, 1.165) is 10.9 Å². The van der Waals surface area contributed by atoms with Crippen LogP contribution in [-0.4, -0.2) is 15.9 Å². The highest BCUT2D eigenvalue weighted by molar-refractivity contribution is 8.01. The van der Waals surface area contributed by atoms with Gasteiger partial charge >= 0.3 is 0 Å². The van der Waals surface area contributed by atoms with Crippen LogP contribution in [0, 0.1) is 0 Å². The van der Waals surface area contributed by atoms with Crippen LogP contribution in [0.15, 0.2) is 39.8 Å². The van der Waals surface area contributed by atoms with E-state index < -0.39 is 0 Å². The maximum Gasteiger partial charge on any atom is 0.174 e. The Balaban J connectivity index is 2.21. The van der Waals surface area contributed by atoms with Gasteiger partial charge < -0.3 is 5.32 Å². The molecule has 0 radical (unpaired) electrons. The molecule has 1 unspecified atom stereocenters. The Labute approximate surface area is 110 Å². The number of nitrogens with zero attached hydrogens (tertiary/aromatic N) is 2. The average molecular weight is 265 g/mol. The highest BCUT2D eigenvalue weighted by atomic mass is 32.2. The van der Waals surface area contributed by atoms with Crippen molar-refractivity contribution >= 4 is 23.3 Å². The van der Waals surface area contributed by atoms with Crippen molar-refractivity contribution in [1.82, 2.24) is 14.7 Å². The fourth-order valence-corrected chi connectivity index (χ4v) is 3.27. The molecule has 0 aliphatic heterocycles. The summed E-state index contributed by atoms with van der Waals surface area (Å²) in [6.45, 7) is 5.28. The Hall–Kier alpha value is -0.910. The third kappa shape index (κ3) is 3.28. The molecule has 0 aliphatic rings. The van der Waals surface area contributed by atoms with Gasteiger partial charge in [0.1, 0.15) is 6.33 Å². The third-order valence-electron chi connectivity index (χ3n) is 2.43. The molecule has 17 heavy (non-hydrogen) atoms. The molecule has 5 heteroatoms. The molecule has 0 saturated heterocycles. The van der Waals surface area contributed by atoms with Crippen LogP contribution in [0.2, 0.25) is 0 Å². The van der Waals surface area contributed by atoms with Gasteiger partial charge in [0, 0.05) is 10.9 Å². The number of rotatable bonds is 5. The summed E-state index contributed by atoms with van der Waals surface area (Å²) >= 11 is 3.11. The number of aromatic nitrogens is 2. The molecular formula is C12H15N3S2. The smallest absolute Gasteiger partial charge is 0.174 e. The van der Waals surface area contributed by atoms with E-state index in [-0.39, 0.29) is 0 Å². The second kappa shape index (κ2) is 6.14. The fraction of sp³-hybridized carbons (Fsp3) is 0.333. The Morgan fingerprint density at radius 2 is 2.24 bits per heavy atom.